The van der Waals surface area contributed by atoms with Crippen molar-refractivity contribution in [2.24, 2.45) is 4.99 Å². The molecule has 0 spiro atoms. The molecule has 0 radical (unpaired) electrons. The number of rotatable bonds is 4. The zero-order valence-corrected chi connectivity index (χ0v) is 23.3. The van der Waals surface area contributed by atoms with Gasteiger partial charge in [-0.3, -0.25) is 9.36 Å². The Kier molecular flexibility index (Phi) is 7.32. The van der Waals surface area contributed by atoms with Gasteiger partial charge in [0.2, 0.25) is 0 Å². The van der Waals surface area contributed by atoms with Crippen molar-refractivity contribution in [3.05, 3.63) is 90.6 Å². The van der Waals surface area contributed by atoms with E-state index in [9.17, 15) is 14.7 Å². The Balaban J connectivity index is 1.98. The molecule has 0 amide bonds. The molecule has 33 heavy (non-hydrogen) atoms. The molecule has 6 nitrogen and oxygen atoms in total. The third kappa shape index (κ3) is 4.77. The molecule has 1 N–H and O–H groups in total. The molecule has 0 unspecified atom stereocenters. The summed E-state index contributed by atoms with van der Waals surface area (Å²) >= 11 is 11.5. The van der Waals surface area contributed by atoms with E-state index in [0.29, 0.717) is 34.8 Å². The number of thiazole rings is 1. The summed E-state index contributed by atoms with van der Waals surface area (Å²) in [7, 11) is 0. The normalized spacial score (nSPS) is 15.9. The van der Waals surface area contributed by atoms with E-state index in [1.54, 1.807) is 44.2 Å². The number of hydrogen-bond acceptors (Lipinski definition) is 6. The van der Waals surface area contributed by atoms with E-state index >= 15 is 0 Å². The van der Waals surface area contributed by atoms with Crippen molar-refractivity contribution in [3.8, 4) is 5.75 Å². The van der Waals surface area contributed by atoms with Crippen LogP contribution in [0.25, 0.3) is 6.08 Å². The van der Waals surface area contributed by atoms with Crippen molar-refractivity contribution in [1.82, 2.24) is 4.57 Å². The van der Waals surface area contributed by atoms with Crippen LogP contribution in [0.3, 0.4) is 0 Å². The second-order valence-electron chi connectivity index (χ2n) is 7.18. The highest BCUT2D eigenvalue weighted by Crippen LogP contribution is 2.31. The average molecular weight is 707 g/mol. The number of nitrogens with zero attached hydrogens (tertiary/aromatic N) is 2. The maximum atomic E-state index is 13.6. The van der Waals surface area contributed by atoms with Crippen molar-refractivity contribution in [1.29, 1.82) is 0 Å². The number of esters is 1. The van der Waals surface area contributed by atoms with Gasteiger partial charge in [0.25, 0.3) is 5.56 Å². The highest BCUT2D eigenvalue weighted by molar-refractivity contribution is 14.1. The molecule has 10 heteroatoms. The fourth-order valence-electron chi connectivity index (χ4n) is 3.59. The van der Waals surface area contributed by atoms with E-state index in [4.69, 9.17) is 16.3 Å². The van der Waals surface area contributed by atoms with Gasteiger partial charge in [-0.15, -0.1) is 0 Å². The van der Waals surface area contributed by atoms with Gasteiger partial charge in [-0.1, -0.05) is 35.1 Å². The van der Waals surface area contributed by atoms with Gasteiger partial charge in [-0.25, -0.2) is 9.79 Å². The number of allylic oxidation sites excluding steroid dienone is 1. The van der Waals surface area contributed by atoms with E-state index in [2.05, 4.69) is 50.2 Å². The number of aromatic nitrogens is 1. The molecule has 1 aliphatic rings. The summed E-state index contributed by atoms with van der Waals surface area (Å²) in [5, 5.41) is 11.0. The molecule has 4 rings (SSSR count). The van der Waals surface area contributed by atoms with E-state index < -0.39 is 12.0 Å². The van der Waals surface area contributed by atoms with Gasteiger partial charge in [0.1, 0.15) is 5.75 Å². The van der Waals surface area contributed by atoms with Crippen LogP contribution in [0.1, 0.15) is 31.0 Å². The van der Waals surface area contributed by atoms with Crippen LogP contribution >= 0.6 is 68.1 Å². The minimum absolute atomic E-state index is 0.111. The molecule has 1 atom stereocenters. The zero-order valence-electron chi connectivity index (χ0n) is 17.4. The number of phenolic OH excluding ortho intramolecular Hbond substituents is 1. The van der Waals surface area contributed by atoms with Crippen LogP contribution < -0.4 is 14.9 Å². The number of fused-ring (bicyclic) bond motifs is 1. The van der Waals surface area contributed by atoms with Crippen molar-refractivity contribution in [2.45, 2.75) is 19.9 Å². The molecule has 0 bridgehead atoms. The van der Waals surface area contributed by atoms with Crippen molar-refractivity contribution < 1.29 is 14.6 Å². The van der Waals surface area contributed by atoms with Crippen molar-refractivity contribution in [3.63, 3.8) is 0 Å². The number of hydrogen-bond donors (Lipinski definition) is 1. The SMILES string of the molecule is CCOC(=O)C1=C(C)N=c2s/c(=C/c3cc(I)cc(I)c3O)c(=O)n2[C@@H]1c1ccc(Cl)cc1. The second-order valence-corrected chi connectivity index (χ2v) is 11.0. The van der Waals surface area contributed by atoms with E-state index in [-0.39, 0.29) is 17.9 Å². The smallest absolute Gasteiger partial charge is 0.338 e. The van der Waals surface area contributed by atoms with Gasteiger partial charge in [-0.05, 0) is 94.9 Å². The second kappa shape index (κ2) is 9.88. The lowest BCUT2D eigenvalue weighted by molar-refractivity contribution is -0.139. The minimum Gasteiger partial charge on any atom is -0.506 e. The molecule has 1 aliphatic heterocycles. The summed E-state index contributed by atoms with van der Waals surface area (Å²) in [6.45, 7) is 3.67. The van der Waals surface area contributed by atoms with Crippen LogP contribution in [0.5, 0.6) is 5.75 Å². The van der Waals surface area contributed by atoms with Crippen LogP contribution in [-0.4, -0.2) is 22.2 Å². The molecule has 2 heterocycles. The lowest BCUT2D eigenvalue weighted by atomic mass is 9.96. The number of ether oxygens (including phenoxy) is 1. The average Bonchev–Trinajstić information content (AvgIpc) is 3.06. The first-order valence-electron chi connectivity index (χ1n) is 9.84. The molecule has 3 aromatic rings. The van der Waals surface area contributed by atoms with Crippen LogP contribution in [0.2, 0.25) is 5.02 Å². The fraction of sp³-hybridized carbons (Fsp3) is 0.174. The number of aromatic hydroxyl groups is 1. The maximum absolute atomic E-state index is 13.6. The van der Waals surface area contributed by atoms with Crippen molar-refractivity contribution in [2.75, 3.05) is 6.61 Å². The summed E-state index contributed by atoms with van der Waals surface area (Å²) in [5.74, 6) is -0.405. The molecule has 1 aromatic heterocycles. The van der Waals surface area contributed by atoms with E-state index in [1.165, 1.54) is 15.9 Å². The topological polar surface area (TPSA) is 80.9 Å². The first kappa shape index (κ1) is 24.4. The first-order chi connectivity index (χ1) is 15.7. The third-order valence-electron chi connectivity index (χ3n) is 5.05. The summed E-state index contributed by atoms with van der Waals surface area (Å²) in [6.07, 6.45) is 1.66. The molecule has 170 valence electrons. The zero-order chi connectivity index (χ0) is 23.9. The number of carbonyl (C=O) groups is 1. The summed E-state index contributed by atoms with van der Waals surface area (Å²) in [6, 6.07) is 9.97. The highest BCUT2D eigenvalue weighted by Gasteiger charge is 2.33. The van der Waals surface area contributed by atoms with Crippen LogP contribution in [0, 0.1) is 7.14 Å². The van der Waals surface area contributed by atoms with Gasteiger partial charge < -0.3 is 9.84 Å². The summed E-state index contributed by atoms with van der Waals surface area (Å²) in [4.78, 5) is 31.5. The standard InChI is InChI=1S/C23H17ClI2N2O4S/c1-3-32-22(31)18-11(2)27-23-28(19(18)12-4-6-14(24)7-5-12)21(30)17(33-23)9-13-8-15(25)10-16(26)20(13)29/h4-10,19,29H,3H2,1-2H3/b17-9+/t19-/m1/s1. The van der Waals surface area contributed by atoms with Crippen molar-refractivity contribution >= 4 is 80.2 Å². The number of halogens is 3. The predicted molar refractivity (Wildman–Crippen MR) is 145 cm³/mol. The highest BCUT2D eigenvalue weighted by atomic mass is 127. The van der Waals surface area contributed by atoms with Crippen LogP contribution in [-0.2, 0) is 9.53 Å². The predicted octanol–water partition coefficient (Wildman–Crippen LogP) is 4.37. The quantitative estimate of drug-likeness (QED) is 0.323. The first-order valence-corrected chi connectivity index (χ1v) is 13.2. The Morgan fingerprint density at radius 3 is 2.67 bits per heavy atom. The fourth-order valence-corrected chi connectivity index (χ4v) is 6.64. The number of carbonyl (C=O) groups excluding carboxylic acids is 1. The molecule has 2 aromatic carbocycles. The molecule has 0 aliphatic carbocycles. The van der Waals surface area contributed by atoms with Crippen LogP contribution in [0.15, 0.2) is 57.5 Å². The van der Waals surface area contributed by atoms with Gasteiger partial charge >= 0.3 is 5.97 Å². The summed E-state index contributed by atoms with van der Waals surface area (Å²) in [5.41, 5.74) is 1.76. The number of benzene rings is 2. The molecular weight excluding hydrogens is 690 g/mol. The van der Waals surface area contributed by atoms with Gasteiger partial charge in [0.15, 0.2) is 4.80 Å². The van der Waals surface area contributed by atoms with Gasteiger partial charge in [-0.2, -0.15) is 0 Å². The maximum Gasteiger partial charge on any atom is 0.338 e. The molecule has 0 saturated heterocycles. The number of phenols is 1. The lowest BCUT2D eigenvalue weighted by Crippen LogP contribution is -2.39. The Labute approximate surface area is 225 Å². The summed E-state index contributed by atoms with van der Waals surface area (Å²) < 4.78 is 8.83. The van der Waals surface area contributed by atoms with E-state index in [0.717, 1.165) is 9.13 Å². The van der Waals surface area contributed by atoms with E-state index in [1.807, 2.05) is 12.1 Å². The van der Waals surface area contributed by atoms with Crippen LogP contribution in [0.4, 0.5) is 0 Å². The lowest BCUT2D eigenvalue weighted by Gasteiger charge is -2.24. The monoisotopic (exact) mass is 706 g/mol. The Morgan fingerprint density at radius 1 is 1.30 bits per heavy atom. The Hall–Kier alpha value is -1.70. The van der Waals surface area contributed by atoms with Gasteiger partial charge in [0.05, 0.1) is 32.0 Å². The van der Waals surface area contributed by atoms with Gasteiger partial charge in [0, 0.05) is 14.2 Å². The third-order valence-corrected chi connectivity index (χ3v) is 7.73. The Bertz CT molecular complexity index is 1480. The Morgan fingerprint density at radius 2 is 2.00 bits per heavy atom. The molecular formula is C23H17ClI2N2O4S. The minimum atomic E-state index is -0.704. The molecule has 0 fully saturated rings. The molecule has 0 saturated carbocycles. The largest absolute Gasteiger partial charge is 0.506 e.